The number of esters is 2. The van der Waals surface area contributed by atoms with Crippen molar-refractivity contribution in [2.75, 3.05) is 11.9 Å². The monoisotopic (exact) mass is 668 g/mol. The number of hydrogen-bond donors (Lipinski definition) is 1. The zero-order valence-corrected chi connectivity index (χ0v) is 28.2. The molecule has 3 unspecified atom stereocenters. The molecule has 0 saturated carbocycles. The highest BCUT2D eigenvalue weighted by Crippen LogP contribution is 2.35. The number of benzene rings is 2. The van der Waals surface area contributed by atoms with E-state index in [0.717, 1.165) is 25.3 Å². The molecule has 0 aromatic heterocycles. The predicted molar refractivity (Wildman–Crippen MR) is 178 cm³/mol. The lowest BCUT2D eigenvalue weighted by molar-refractivity contribution is -0.153. The number of ketones is 1. The van der Waals surface area contributed by atoms with E-state index < -0.39 is 52.5 Å². The van der Waals surface area contributed by atoms with E-state index in [1.165, 1.54) is 70.6 Å². The Morgan fingerprint density at radius 3 is 2.09 bits per heavy atom. The van der Waals surface area contributed by atoms with E-state index in [1.807, 2.05) is 0 Å². The number of para-hydroxylation sites is 1. The quantitative estimate of drug-likeness (QED) is 0.0327. The first kappa shape index (κ1) is 37.4. The van der Waals surface area contributed by atoms with Gasteiger partial charge in [-0.1, -0.05) is 114 Å². The van der Waals surface area contributed by atoms with Crippen molar-refractivity contribution in [1.82, 2.24) is 4.90 Å². The van der Waals surface area contributed by atoms with Gasteiger partial charge in [0.25, 0.3) is 10.9 Å². The van der Waals surface area contributed by atoms with Gasteiger partial charge >= 0.3 is 11.9 Å². The van der Waals surface area contributed by atoms with E-state index in [1.54, 1.807) is 30.3 Å². The molecule has 2 aromatic carbocycles. The van der Waals surface area contributed by atoms with Crippen LogP contribution in [0.25, 0.3) is 0 Å². The van der Waals surface area contributed by atoms with E-state index in [2.05, 4.69) is 12.2 Å². The summed E-state index contributed by atoms with van der Waals surface area (Å²) >= 11 is 6.71. The maximum Gasteiger partial charge on any atom is 0.347 e. The van der Waals surface area contributed by atoms with Gasteiger partial charge in [0.05, 0.1) is 12.2 Å². The van der Waals surface area contributed by atoms with Crippen LogP contribution in [0.15, 0.2) is 54.6 Å². The van der Waals surface area contributed by atoms with Crippen LogP contribution in [0.5, 0.6) is 0 Å². The van der Waals surface area contributed by atoms with Crippen LogP contribution >= 0.6 is 11.6 Å². The molecule has 11 heteroatoms. The van der Waals surface area contributed by atoms with E-state index in [-0.39, 0.29) is 29.8 Å². The molecule has 1 aliphatic rings. The first-order chi connectivity index (χ1) is 22.5. The van der Waals surface area contributed by atoms with Crippen molar-refractivity contribution < 1.29 is 38.2 Å². The van der Waals surface area contributed by atoms with Crippen LogP contribution < -0.4 is 5.32 Å². The minimum atomic E-state index is -2.77. The third kappa shape index (κ3) is 10.2. The molecule has 1 fully saturated rings. The molecule has 2 aromatic rings. The molecule has 1 N–H and O–H groups in total. The molecule has 1 aliphatic heterocycles. The number of carbonyl (C=O) groups is 6. The van der Waals surface area contributed by atoms with Crippen LogP contribution in [0.3, 0.4) is 0 Å². The number of rotatable bonds is 19. The second kappa shape index (κ2) is 18.3. The number of anilines is 1. The number of imide groups is 1. The van der Waals surface area contributed by atoms with Gasteiger partial charge in [0, 0.05) is 23.6 Å². The van der Waals surface area contributed by atoms with Gasteiger partial charge in [-0.25, -0.2) is 14.5 Å². The van der Waals surface area contributed by atoms with Crippen molar-refractivity contribution in [2.24, 2.45) is 5.92 Å². The number of halogens is 1. The zero-order valence-electron chi connectivity index (χ0n) is 27.4. The molecule has 3 atom stereocenters. The Hall–Kier alpha value is -4.05. The number of unbranched alkanes of at least 4 members (excludes halogenated alkanes) is 9. The van der Waals surface area contributed by atoms with Crippen molar-refractivity contribution in [3.63, 3.8) is 0 Å². The second-order valence-electron chi connectivity index (χ2n) is 11.9. The van der Waals surface area contributed by atoms with Gasteiger partial charge in [-0.2, -0.15) is 0 Å². The molecule has 1 saturated heterocycles. The first-order valence-electron chi connectivity index (χ1n) is 16.5. The molecule has 10 nitrogen and oxygen atoms in total. The standard InChI is InChI=1S/C36H45ClN2O8/c1-4-5-6-7-8-9-10-11-12-16-22-46-33(43)26(3)47-34(44)28-19-17-18-27(24-28)31(41)36(37,39-30(40)23-25(2)32(39)42)35(45)38-29-20-14-13-15-21-29/h13-15,17-21,24-26H,4-12,16,22-23H2,1-3H3,(H,38,45). The van der Waals surface area contributed by atoms with Crippen LogP contribution in [0.4, 0.5) is 5.69 Å². The van der Waals surface area contributed by atoms with Crippen molar-refractivity contribution in [1.29, 1.82) is 0 Å². The summed E-state index contributed by atoms with van der Waals surface area (Å²) in [6.07, 6.45) is 10.0. The van der Waals surface area contributed by atoms with Gasteiger partial charge in [0.15, 0.2) is 6.10 Å². The molecular weight excluding hydrogens is 624 g/mol. The van der Waals surface area contributed by atoms with Gasteiger partial charge in [0.1, 0.15) is 0 Å². The number of nitrogens with zero attached hydrogens (tertiary/aromatic N) is 1. The SMILES string of the molecule is CCCCCCCCCCCCOC(=O)C(C)OC(=O)c1cccc(C(=O)C(Cl)(C(=O)Nc2ccccc2)N2C(=O)CC(C)C2=O)c1. The van der Waals surface area contributed by atoms with E-state index in [9.17, 15) is 28.8 Å². The van der Waals surface area contributed by atoms with E-state index in [0.29, 0.717) is 11.3 Å². The summed E-state index contributed by atoms with van der Waals surface area (Å²) in [5.41, 5.74) is -0.0528. The summed E-state index contributed by atoms with van der Waals surface area (Å²) in [6, 6.07) is 13.3. The van der Waals surface area contributed by atoms with E-state index in [4.69, 9.17) is 21.1 Å². The average Bonchev–Trinajstić information content (AvgIpc) is 3.33. The first-order valence-corrected chi connectivity index (χ1v) is 16.8. The smallest absolute Gasteiger partial charge is 0.347 e. The number of alkyl halides is 1. The van der Waals surface area contributed by atoms with Crippen molar-refractivity contribution in [3.8, 4) is 0 Å². The molecular formula is C36H45ClN2O8. The highest BCUT2D eigenvalue weighted by molar-refractivity contribution is 6.51. The molecule has 1 heterocycles. The van der Waals surface area contributed by atoms with Crippen LogP contribution in [-0.2, 0) is 28.7 Å². The number of likely N-dealkylation sites (tertiary alicyclic amines) is 1. The third-order valence-electron chi connectivity index (χ3n) is 8.03. The number of nitrogens with one attached hydrogen (secondary N) is 1. The van der Waals surface area contributed by atoms with Gasteiger partial charge in [-0.05, 0) is 37.6 Å². The summed E-state index contributed by atoms with van der Waals surface area (Å²) in [4.78, 5) is 76.4. The lowest BCUT2D eigenvalue weighted by Gasteiger charge is -2.32. The predicted octanol–water partition coefficient (Wildman–Crippen LogP) is 6.85. The van der Waals surface area contributed by atoms with Gasteiger partial charge < -0.3 is 14.8 Å². The summed E-state index contributed by atoms with van der Waals surface area (Å²) in [5.74, 6) is -6.17. The Morgan fingerprint density at radius 1 is 0.894 bits per heavy atom. The van der Waals surface area contributed by atoms with Crippen molar-refractivity contribution >= 4 is 52.7 Å². The fourth-order valence-electron chi connectivity index (χ4n) is 5.28. The number of carbonyl (C=O) groups excluding carboxylic acids is 6. The number of hydrogen-bond acceptors (Lipinski definition) is 8. The Balaban J connectivity index is 1.61. The van der Waals surface area contributed by atoms with Crippen molar-refractivity contribution in [2.45, 2.75) is 103 Å². The minimum absolute atomic E-state index is 0.111. The number of amides is 3. The van der Waals surface area contributed by atoms with E-state index >= 15 is 0 Å². The molecule has 0 spiro atoms. The summed E-state index contributed by atoms with van der Waals surface area (Å²) in [6.45, 7) is 5.31. The zero-order chi connectivity index (χ0) is 34.4. The number of Topliss-reactive ketones (excluding diaryl/α,β-unsaturated/α-hetero) is 1. The Labute approximate surface area is 281 Å². The van der Waals surface area contributed by atoms with Crippen LogP contribution in [0.1, 0.15) is 112 Å². The van der Waals surface area contributed by atoms with Gasteiger partial charge in [0.2, 0.25) is 17.6 Å². The maximum atomic E-state index is 13.9. The summed E-state index contributed by atoms with van der Waals surface area (Å²) < 4.78 is 10.6. The average molecular weight is 669 g/mol. The maximum absolute atomic E-state index is 13.9. The molecule has 0 aliphatic carbocycles. The molecule has 0 bridgehead atoms. The highest BCUT2D eigenvalue weighted by Gasteiger charge is 2.58. The minimum Gasteiger partial charge on any atom is -0.463 e. The highest BCUT2D eigenvalue weighted by atomic mass is 35.5. The fourth-order valence-corrected chi connectivity index (χ4v) is 5.62. The molecule has 47 heavy (non-hydrogen) atoms. The molecule has 3 rings (SSSR count). The lowest BCUT2D eigenvalue weighted by Crippen LogP contribution is -2.60. The Bertz CT molecular complexity index is 1410. The summed E-state index contributed by atoms with van der Waals surface area (Å²) in [7, 11) is 0. The van der Waals surface area contributed by atoms with Gasteiger partial charge in [-0.3, -0.25) is 19.2 Å². The van der Waals surface area contributed by atoms with Crippen LogP contribution in [0, 0.1) is 5.92 Å². The summed E-state index contributed by atoms with van der Waals surface area (Å²) in [5, 5.41) is 2.50. The third-order valence-corrected chi connectivity index (χ3v) is 8.54. The Kier molecular flexibility index (Phi) is 14.6. The largest absolute Gasteiger partial charge is 0.463 e. The Morgan fingerprint density at radius 2 is 1.49 bits per heavy atom. The second-order valence-corrected chi connectivity index (χ2v) is 12.5. The lowest BCUT2D eigenvalue weighted by atomic mass is 9.99. The molecule has 254 valence electrons. The van der Waals surface area contributed by atoms with Gasteiger partial charge in [-0.15, -0.1) is 0 Å². The van der Waals surface area contributed by atoms with Crippen molar-refractivity contribution in [3.05, 3.63) is 65.7 Å². The molecule has 3 amide bonds. The molecule has 0 radical (unpaired) electrons. The van der Waals surface area contributed by atoms with Crippen LogP contribution in [-0.4, -0.2) is 58.1 Å². The number of ether oxygens (including phenoxy) is 2. The normalized spacial score (nSPS) is 16.3. The van der Waals surface area contributed by atoms with Crippen LogP contribution in [0.2, 0.25) is 0 Å². The fraction of sp³-hybridized carbons (Fsp3) is 0.500. The topological polar surface area (TPSA) is 136 Å².